The molecule has 33 heavy (non-hydrogen) atoms. The number of rotatable bonds is 5. The van der Waals surface area contributed by atoms with Crippen LogP contribution in [-0.2, 0) is 4.79 Å². The molecule has 1 amide bonds. The van der Waals surface area contributed by atoms with E-state index in [-0.39, 0.29) is 18.3 Å². The topological polar surface area (TPSA) is 89.3 Å². The van der Waals surface area contributed by atoms with E-state index in [0.717, 1.165) is 11.3 Å². The lowest BCUT2D eigenvalue weighted by Gasteiger charge is -2.35. The number of aryl methyl sites for hydroxylation is 1. The second kappa shape index (κ2) is 8.81. The maximum atomic E-state index is 13.7. The molecule has 3 heterocycles. The summed E-state index contributed by atoms with van der Waals surface area (Å²) >= 11 is 0. The number of hydrogen-bond acceptors (Lipinski definition) is 7. The lowest BCUT2D eigenvalue weighted by Crippen LogP contribution is -2.50. The molecule has 1 aliphatic rings. The third kappa shape index (κ3) is 4.19. The molecule has 0 saturated carbocycles. The maximum Gasteiger partial charge on any atom is 0.260 e. The molecule has 0 unspecified atom stereocenters. The Hall–Kier alpha value is -4.08. The van der Waals surface area contributed by atoms with Crippen LogP contribution in [0.5, 0.6) is 5.75 Å². The smallest absolute Gasteiger partial charge is 0.260 e. The monoisotopic (exact) mass is 447 g/mol. The van der Waals surface area contributed by atoms with Crippen molar-refractivity contribution in [1.82, 2.24) is 29.9 Å². The van der Waals surface area contributed by atoms with Crippen molar-refractivity contribution in [3.63, 3.8) is 0 Å². The molecule has 1 aliphatic heterocycles. The van der Waals surface area contributed by atoms with Crippen LogP contribution < -0.4 is 9.64 Å². The number of para-hydroxylation sites is 1. The van der Waals surface area contributed by atoms with Gasteiger partial charge in [0.2, 0.25) is 0 Å². The molecule has 0 radical (unpaired) electrons. The van der Waals surface area contributed by atoms with Crippen LogP contribution in [0.2, 0.25) is 0 Å². The first-order chi connectivity index (χ1) is 16.1. The van der Waals surface area contributed by atoms with Gasteiger partial charge in [0.1, 0.15) is 6.33 Å². The highest BCUT2D eigenvalue weighted by Gasteiger charge is 2.25. The van der Waals surface area contributed by atoms with Crippen molar-refractivity contribution in [2.75, 3.05) is 37.7 Å². The van der Waals surface area contributed by atoms with Gasteiger partial charge in [-0.3, -0.25) is 4.79 Å². The van der Waals surface area contributed by atoms with Gasteiger partial charge < -0.3 is 14.5 Å². The minimum absolute atomic E-state index is 0.0736. The Kier molecular flexibility index (Phi) is 5.55. The van der Waals surface area contributed by atoms with Crippen LogP contribution in [-0.4, -0.2) is 68.6 Å². The molecule has 0 atom stereocenters. The molecule has 4 aromatic rings. The van der Waals surface area contributed by atoms with Crippen molar-refractivity contribution in [3.05, 3.63) is 66.2 Å². The van der Waals surface area contributed by atoms with Crippen LogP contribution in [0.15, 0.2) is 54.9 Å². The molecule has 5 rings (SSSR count). The van der Waals surface area contributed by atoms with Crippen molar-refractivity contribution >= 4 is 22.9 Å². The zero-order valence-electron chi connectivity index (χ0n) is 18.1. The van der Waals surface area contributed by atoms with E-state index in [1.165, 1.54) is 18.5 Å². The standard InChI is InChI=1S/C23H22FN7O2/c1-16-6-8-17(9-7-16)31-23-21(27-28-31)22(25-15-26-23)30-12-10-29(11-13-30)20(32)14-33-19-5-3-2-4-18(19)24/h2-9,15H,10-14H2,1H3. The van der Waals surface area contributed by atoms with E-state index in [1.54, 1.807) is 21.7 Å². The third-order valence-electron chi connectivity index (χ3n) is 5.62. The van der Waals surface area contributed by atoms with E-state index in [9.17, 15) is 9.18 Å². The van der Waals surface area contributed by atoms with E-state index in [4.69, 9.17) is 4.74 Å². The summed E-state index contributed by atoms with van der Waals surface area (Å²) in [4.78, 5) is 25.1. The first-order valence-electron chi connectivity index (χ1n) is 10.6. The van der Waals surface area contributed by atoms with Crippen LogP contribution in [0.1, 0.15) is 5.56 Å². The van der Waals surface area contributed by atoms with Gasteiger partial charge in [-0.1, -0.05) is 35.0 Å². The molecule has 0 spiro atoms. The van der Waals surface area contributed by atoms with E-state index in [0.29, 0.717) is 43.2 Å². The second-order valence-corrected chi connectivity index (χ2v) is 7.79. The number of nitrogens with zero attached hydrogens (tertiary/aromatic N) is 7. The average Bonchev–Trinajstić information content (AvgIpc) is 3.28. The minimum atomic E-state index is -0.485. The van der Waals surface area contributed by atoms with Gasteiger partial charge in [0, 0.05) is 26.2 Å². The molecule has 168 valence electrons. The van der Waals surface area contributed by atoms with Crippen molar-refractivity contribution in [1.29, 1.82) is 0 Å². The zero-order chi connectivity index (χ0) is 22.8. The fourth-order valence-corrected chi connectivity index (χ4v) is 3.79. The number of amides is 1. The van der Waals surface area contributed by atoms with Gasteiger partial charge >= 0.3 is 0 Å². The lowest BCUT2D eigenvalue weighted by molar-refractivity contribution is -0.133. The van der Waals surface area contributed by atoms with Gasteiger partial charge in [-0.2, -0.15) is 4.68 Å². The summed E-state index contributed by atoms with van der Waals surface area (Å²) in [5.41, 5.74) is 3.27. The van der Waals surface area contributed by atoms with E-state index in [2.05, 4.69) is 25.2 Å². The molecular weight excluding hydrogens is 425 g/mol. The Morgan fingerprint density at radius 3 is 2.55 bits per heavy atom. The van der Waals surface area contributed by atoms with Crippen LogP contribution in [0, 0.1) is 12.7 Å². The first kappa shape index (κ1) is 20.8. The molecule has 0 bridgehead atoms. The first-order valence-corrected chi connectivity index (χ1v) is 10.6. The number of hydrogen-bond donors (Lipinski definition) is 0. The SMILES string of the molecule is Cc1ccc(-n2nnc3c(N4CCN(C(=O)COc5ccccc5F)CC4)ncnc32)cc1. The van der Waals surface area contributed by atoms with Crippen molar-refractivity contribution in [2.45, 2.75) is 6.92 Å². The molecule has 2 aromatic carbocycles. The summed E-state index contributed by atoms with van der Waals surface area (Å²) in [6.07, 6.45) is 1.51. The Morgan fingerprint density at radius 1 is 1.03 bits per heavy atom. The van der Waals surface area contributed by atoms with Gasteiger partial charge in [0.05, 0.1) is 5.69 Å². The summed E-state index contributed by atoms with van der Waals surface area (Å²) < 4.78 is 20.7. The zero-order valence-corrected chi connectivity index (χ0v) is 18.1. The number of anilines is 1. The van der Waals surface area contributed by atoms with Crippen molar-refractivity contribution < 1.29 is 13.9 Å². The number of ether oxygens (including phenoxy) is 1. The second-order valence-electron chi connectivity index (χ2n) is 7.79. The average molecular weight is 447 g/mol. The van der Waals surface area contributed by atoms with Gasteiger partial charge in [-0.05, 0) is 31.2 Å². The highest BCUT2D eigenvalue weighted by molar-refractivity contribution is 5.84. The Labute approximate surface area is 189 Å². The summed E-state index contributed by atoms with van der Waals surface area (Å²) in [7, 11) is 0. The molecule has 10 heteroatoms. The quantitative estimate of drug-likeness (QED) is 0.464. The number of halogens is 1. The lowest BCUT2D eigenvalue weighted by atomic mass is 10.2. The van der Waals surface area contributed by atoms with Crippen LogP contribution in [0.25, 0.3) is 16.9 Å². The molecule has 0 N–H and O–H groups in total. The minimum Gasteiger partial charge on any atom is -0.481 e. The molecule has 1 fully saturated rings. The number of fused-ring (bicyclic) bond motifs is 1. The number of piperazine rings is 1. The Morgan fingerprint density at radius 2 is 1.79 bits per heavy atom. The highest BCUT2D eigenvalue weighted by Crippen LogP contribution is 2.24. The summed E-state index contributed by atoms with van der Waals surface area (Å²) in [5.74, 6) is 0.0928. The molecule has 2 aromatic heterocycles. The Balaban J connectivity index is 1.26. The number of aromatic nitrogens is 5. The fourth-order valence-electron chi connectivity index (χ4n) is 3.79. The number of carbonyl (C=O) groups excluding carboxylic acids is 1. The largest absolute Gasteiger partial charge is 0.481 e. The van der Waals surface area contributed by atoms with E-state index in [1.807, 2.05) is 31.2 Å². The predicted octanol–water partition coefficient (Wildman–Crippen LogP) is 2.39. The van der Waals surface area contributed by atoms with Gasteiger partial charge in [-0.15, -0.1) is 5.10 Å². The third-order valence-corrected chi connectivity index (χ3v) is 5.62. The van der Waals surface area contributed by atoms with Crippen molar-refractivity contribution in [3.8, 4) is 11.4 Å². The van der Waals surface area contributed by atoms with Gasteiger partial charge in [0.15, 0.2) is 35.2 Å². The Bertz CT molecular complexity index is 1280. The molecule has 1 saturated heterocycles. The fraction of sp³-hybridized carbons (Fsp3) is 0.261. The van der Waals surface area contributed by atoms with E-state index < -0.39 is 5.82 Å². The maximum absolute atomic E-state index is 13.7. The summed E-state index contributed by atoms with van der Waals surface area (Å²) in [6.45, 7) is 3.97. The number of benzene rings is 2. The van der Waals surface area contributed by atoms with Gasteiger partial charge in [-0.25, -0.2) is 14.4 Å². The molecule has 9 nitrogen and oxygen atoms in total. The number of carbonyl (C=O) groups is 1. The van der Waals surface area contributed by atoms with Crippen LogP contribution >= 0.6 is 0 Å². The van der Waals surface area contributed by atoms with Crippen LogP contribution in [0.3, 0.4) is 0 Å². The summed E-state index contributed by atoms with van der Waals surface area (Å²) in [5, 5.41) is 8.61. The predicted molar refractivity (Wildman–Crippen MR) is 120 cm³/mol. The van der Waals surface area contributed by atoms with Crippen molar-refractivity contribution in [2.24, 2.45) is 0 Å². The molecule has 0 aliphatic carbocycles. The summed E-state index contributed by atoms with van der Waals surface area (Å²) in [6, 6.07) is 14.0. The normalized spacial score (nSPS) is 14.0. The van der Waals surface area contributed by atoms with Gasteiger partial charge in [0.25, 0.3) is 5.91 Å². The van der Waals surface area contributed by atoms with Crippen LogP contribution in [0.4, 0.5) is 10.2 Å². The highest BCUT2D eigenvalue weighted by atomic mass is 19.1. The van der Waals surface area contributed by atoms with E-state index >= 15 is 0 Å². The molecular formula is C23H22FN7O2.